The van der Waals surface area contributed by atoms with Crippen LogP contribution in [-0.2, 0) is 0 Å². The minimum absolute atomic E-state index is 0.894. The fraction of sp³-hybridized carbons (Fsp3) is 0. The van der Waals surface area contributed by atoms with Crippen molar-refractivity contribution in [2.45, 2.75) is 0 Å². The molecule has 24 rings (SSSR count). The Hall–Kier alpha value is -14.7. The van der Waals surface area contributed by atoms with Gasteiger partial charge in [-0.15, -0.1) is 0 Å². The molecule has 110 heavy (non-hydrogen) atoms. The van der Waals surface area contributed by atoms with Crippen molar-refractivity contribution in [3.05, 3.63) is 388 Å². The van der Waals surface area contributed by atoms with Crippen molar-refractivity contribution in [2.24, 2.45) is 0 Å². The van der Waals surface area contributed by atoms with E-state index in [0.29, 0.717) is 0 Å². The van der Waals surface area contributed by atoms with E-state index in [0.717, 1.165) is 77.3 Å². The molecule has 24 aromatic rings. The molecule has 0 amide bonds. The molecule has 18 aromatic carbocycles. The molecule has 6 heterocycles. The summed E-state index contributed by atoms with van der Waals surface area (Å²) in [6.07, 6.45) is 0. The van der Waals surface area contributed by atoms with Crippen molar-refractivity contribution in [1.82, 2.24) is 18.3 Å². The Morgan fingerprint density at radius 3 is 1.05 bits per heavy atom. The van der Waals surface area contributed by atoms with Gasteiger partial charge >= 0.3 is 0 Å². The van der Waals surface area contributed by atoms with Crippen molar-refractivity contribution in [3.8, 4) is 67.3 Å². The fourth-order valence-electron chi connectivity index (χ4n) is 18.0. The SMILES string of the molecule is c1ccc(-c2cccc(-n3c4ccc(-c5ccc6c(c5)c5ccccc5n6-c5cccc6ccccc56)cc4c4ccc5c6ccccc6oc5c43)c2)cc1.c1ccc(-c2cccc(-n3c4ccc(-c5ccc6c(c5)c5ccccc5n6-c5cccc6ccccc56)cc4c4ccc5oc6ccccc6c5c43)c2)cc1. The number of aromatic nitrogens is 4. The van der Waals surface area contributed by atoms with Crippen LogP contribution in [0.3, 0.4) is 0 Å². The molecule has 0 radical (unpaired) electrons. The lowest BCUT2D eigenvalue weighted by molar-refractivity contribution is 0.669. The third-order valence-corrected chi connectivity index (χ3v) is 23.0. The standard InChI is InChI=1S/2C52H32N2O/c1-2-12-33(13-3-1)35-16-10-17-38(30-35)53-48-28-24-37(32-45(48)42-26-27-43-41-20-7-9-23-50(41)55-52(43)51(42)53)36-25-29-49-44(31-36)40-19-6-8-21-47(40)54(49)46-22-11-15-34-14-4-5-18-39(34)46;1-2-12-33(13-3-1)35-16-10-17-38(30-35)53-47-27-24-37(32-44(47)41-26-29-50-51(52(41)53)42-20-7-9-23-49(42)55-50)36-25-28-48-43(31-36)40-19-6-8-21-46(40)54(48)45-22-11-15-34-14-4-5-18-39(34)45/h2*1-32H. The highest BCUT2D eigenvalue weighted by atomic mass is 16.3. The second kappa shape index (κ2) is 24.4. The van der Waals surface area contributed by atoms with Crippen LogP contribution in [0, 0.1) is 0 Å². The first-order valence-corrected chi connectivity index (χ1v) is 37.7. The second-order valence-corrected chi connectivity index (χ2v) is 29.0. The van der Waals surface area contributed by atoms with Crippen LogP contribution in [-0.4, -0.2) is 18.3 Å². The Morgan fingerprint density at radius 2 is 0.527 bits per heavy atom. The normalized spacial score (nSPS) is 12.0. The average Bonchev–Trinajstić information content (AvgIpc) is 1.56. The maximum Gasteiger partial charge on any atom is 0.160 e. The fourth-order valence-corrected chi connectivity index (χ4v) is 18.0. The van der Waals surface area contributed by atoms with Gasteiger partial charge in [0, 0.05) is 81.4 Å². The third-order valence-electron chi connectivity index (χ3n) is 23.0. The topological polar surface area (TPSA) is 46.0 Å². The molecule has 6 heteroatoms. The van der Waals surface area contributed by atoms with Gasteiger partial charge in [-0.1, -0.05) is 261 Å². The lowest BCUT2D eigenvalue weighted by Gasteiger charge is -2.12. The third kappa shape index (κ3) is 9.49. The Kier molecular flexibility index (Phi) is 13.7. The van der Waals surface area contributed by atoms with Crippen LogP contribution >= 0.6 is 0 Å². The van der Waals surface area contributed by atoms with Gasteiger partial charge in [-0.05, 0) is 183 Å². The molecule has 0 unspecified atom stereocenters. The van der Waals surface area contributed by atoms with E-state index in [9.17, 15) is 0 Å². The number of rotatable bonds is 8. The van der Waals surface area contributed by atoms with Crippen molar-refractivity contribution in [3.63, 3.8) is 0 Å². The zero-order valence-corrected chi connectivity index (χ0v) is 59.6. The summed E-state index contributed by atoms with van der Waals surface area (Å²) in [5.74, 6) is 0. The highest BCUT2D eigenvalue weighted by Gasteiger charge is 2.25. The van der Waals surface area contributed by atoms with Gasteiger partial charge in [-0.3, -0.25) is 0 Å². The summed E-state index contributed by atoms with van der Waals surface area (Å²) in [6.45, 7) is 0. The lowest BCUT2D eigenvalue weighted by Crippen LogP contribution is -1.95. The van der Waals surface area contributed by atoms with Crippen molar-refractivity contribution in [2.75, 3.05) is 0 Å². The number of furan rings is 2. The van der Waals surface area contributed by atoms with E-state index in [2.05, 4.69) is 394 Å². The first-order chi connectivity index (χ1) is 54.6. The van der Waals surface area contributed by atoms with Gasteiger partial charge in [-0.25, -0.2) is 0 Å². The van der Waals surface area contributed by atoms with Crippen molar-refractivity contribution < 1.29 is 8.83 Å². The smallest absolute Gasteiger partial charge is 0.160 e. The molecular weight excluding hydrogens is 1340 g/mol. The van der Waals surface area contributed by atoms with E-state index in [-0.39, 0.29) is 0 Å². The van der Waals surface area contributed by atoms with Gasteiger partial charge in [0.2, 0.25) is 0 Å². The highest BCUT2D eigenvalue weighted by Crippen LogP contribution is 2.47. The predicted molar refractivity (Wildman–Crippen MR) is 462 cm³/mol. The summed E-state index contributed by atoms with van der Waals surface area (Å²) in [4.78, 5) is 0. The maximum atomic E-state index is 6.72. The molecule has 0 bridgehead atoms. The van der Waals surface area contributed by atoms with E-state index < -0.39 is 0 Å². The molecule has 0 atom stereocenters. The van der Waals surface area contributed by atoms with E-state index >= 15 is 0 Å². The number of nitrogens with zero attached hydrogens (tertiary/aromatic N) is 4. The summed E-state index contributed by atoms with van der Waals surface area (Å²) in [5, 5.41) is 19.2. The first kappa shape index (κ1) is 61.6. The van der Waals surface area contributed by atoms with E-state index in [1.165, 1.54) is 143 Å². The molecule has 6 aromatic heterocycles. The Bertz CT molecular complexity index is 7900. The monoisotopic (exact) mass is 1400 g/mol. The lowest BCUT2D eigenvalue weighted by atomic mass is 10.00. The zero-order valence-electron chi connectivity index (χ0n) is 59.6. The first-order valence-electron chi connectivity index (χ1n) is 37.7. The Morgan fingerprint density at radius 1 is 0.173 bits per heavy atom. The van der Waals surface area contributed by atoms with Crippen LogP contribution in [0.1, 0.15) is 0 Å². The maximum absolute atomic E-state index is 6.72. The quantitative estimate of drug-likeness (QED) is 0.152. The molecule has 0 saturated carbocycles. The van der Waals surface area contributed by atoms with E-state index in [1.54, 1.807) is 0 Å². The summed E-state index contributed by atoms with van der Waals surface area (Å²) < 4.78 is 22.9. The Balaban J connectivity index is 0.000000132. The summed E-state index contributed by atoms with van der Waals surface area (Å²) in [7, 11) is 0. The van der Waals surface area contributed by atoms with Gasteiger partial charge < -0.3 is 27.1 Å². The molecule has 0 saturated heterocycles. The van der Waals surface area contributed by atoms with Crippen LogP contribution in [0.4, 0.5) is 0 Å². The molecule has 0 spiro atoms. The summed E-state index contributed by atoms with van der Waals surface area (Å²) in [6, 6.07) is 141. The van der Waals surface area contributed by atoms with Crippen LogP contribution < -0.4 is 0 Å². The predicted octanol–water partition coefficient (Wildman–Crippen LogP) is 28.5. The van der Waals surface area contributed by atoms with Gasteiger partial charge in [0.25, 0.3) is 0 Å². The van der Waals surface area contributed by atoms with Crippen LogP contribution in [0.2, 0.25) is 0 Å². The molecule has 0 N–H and O–H groups in total. The molecule has 0 aliphatic heterocycles. The highest BCUT2D eigenvalue weighted by molar-refractivity contribution is 6.26. The number of benzene rings is 18. The van der Waals surface area contributed by atoms with Gasteiger partial charge in [0.1, 0.15) is 16.7 Å². The van der Waals surface area contributed by atoms with E-state index in [4.69, 9.17) is 8.83 Å². The van der Waals surface area contributed by atoms with Crippen LogP contribution in [0.5, 0.6) is 0 Å². The zero-order chi connectivity index (χ0) is 72.1. The largest absolute Gasteiger partial charge is 0.456 e. The summed E-state index contributed by atoms with van der Waals surface area (Å²) in [5.41, 5.74) is 27.1. The van der Waals surface area contributed by atoms with Crippen LogP contribution in [0.15, 0.2) is 397 Å². The molecule has 6 nitrogen and oxygen atoms in total. The molecule has 512 valence electrons. The number of hydrogen-bond donors (Lipinski definition) is 0. The Labute approximate surface area is 631 Å². The van der Waals surface area contributed by atoms with Gasteiger partial charge in [0.05, 0.1) is 60.9 Å². The van der Waals surface area contributed by atoms with Crippen molar-refractivity contribution >= 4 is 153 Å². The number of hydrogen-bond acceptors (Lipinski definition) is 2. The van der Waals surface area contributed by atoms with Crippen LogP contribution in [0.25, 0.3) is 220 Å². The minimum atomic E-state index is 0.894. The average molecular weight is 1400 g/mol. The summed E-state index contributed by atoms with van der Waals surface area (Å²) >= 11 is 0. The molecular formula is C104H64N4O2. The second-order valence-electron chi connectivity index (χ2n) is 29.0. The molecule has 0 fully saturated rings. The number of fused-ring (bicyclic) bond motifs is 22. The van der Waals surface area contributed by atoms with Gasteiger partial charge in [0.15, 0.2) is 5.58 Å². The van der Waals surface area contributed by atoms with Gasteiger partial charge in [-0.2, -0.15) is 0 Å². The minimum Gasteiger partial charge on any atom is -0.456 e. The number of para-hydroxylation sites is 4. The molecule has 0 aliphatic rings. The van der Waals surface area contributed by atoms with E-state index in [1.807, 2.05) is 12.1 Å². The van der Waals surface area contributed by atoms with Crippen molar-refractivity contribution in [1.29, 1.82) is 0 Å². The molecule has 0 aliphatic carbocycles.